The molecule has 8 heteroatoms. The molecule has 21 heavy (non-hydrogen) atoms. The fraction of sp³-hybridized carbons (Fsp3) is 0.308. The molecule has 2 rings (SSSR count). The third kappa shape index (κ3) is 3.06. The molecule has 0 radical (unpaired) electrons. The summed E-state index contributed by atoms with van der Waals surface area (Å²) in [6.07, 6.45) is 1.47. The first kappa shape index (κ1) is 15.5. The van der Waals surface area contributed by atoms with E-state index < -0.39 is 15.8 Å². The molecule has 0 aliphatic carbocycles. The van der Waals surface area contributed by atoms with E-state index in [2.05, 4.69) is 15.5 Å². The molecule has 1 heterocycles. The number of hydrogen-bond acceptors (Lipinski definition) is 4. The van der Waals surface area contributed by atoms with Crippen molar-refractivity contribution < 1.29 is 12.8 Å². The zero-order valence-electron chi connectivity index (χ0n) is 11.8. The number of rotatable bonds is 6. The van der Waals surface area contributed by atoms with Crippen molar-refractivity contribution in [2.75, 3.05) is 17.9 Å². The molecule has 0 fully saturated rings. The van der Waals surface area contributed by atoms with E-state index in [1.165, 1.54) is 34.8 Å². The summed E-state index contributed by atoms with van der Waals surface area (Å²) in [4.78, 5) is 0. The Morgan fingerprint density at radius 1 is 1.33 bits per heavy atom. The number of hydrogen-bond donors (Lipinski definition) is 2. The van der Waals surface area contributed by atoms with Crippen molar-refractivity contribution in [3.63, 3.8) is 0 Å². The van der Waals surface area contributed by atoms with Gasteiger partial charge in [0.1, 0.15) is 5.82 Å². The first-order valence-corrected chi connectivity index (χ1v) is 7.89. The highest BCUT2D eigenvalue weighted by Crippen LogP contribution is 2.24. The number of nitrogens with zero attached hydrogens (tertiary/aromatic N) is 2. The van der Waals surface area contributed by atoms with Crippen LogP contribution in [0.5, 0.6) is 0 Å². The normalized spacial score (nSPS) is 11.6. The van der Waals surface area contributed by atoms with Crippen molar-refractivity contribution >= 4 is 15.7 Å². The highest BCUT2D eigenvalue weighted by molar-refractivity contribution is 7.92. The Labute approximate surface area is 123 Å². The maximum Gasteiger partial charge on any atom is 0.281 e. The van der Waals surface area contributed by atoms with Crippen molar-refractivity contribution in [3.8, 4) is 0 Å². The lowest BCUT2D eigenvalue weighted by Gasteiger charge is -2.22. The van der Waals surface area contributed by atoms with Gasteiger partial charge in [-0.25, -0.2) is 4.39 Å². The van der Waals surface area contributed by atoms with Gasteiger partial charge in [0.05, 0.1) is 11.9 Å². The smallest absolute Gasteiger partial charge is 0.281 e. The lowest BCUT2D eigenvalue weighted by molar-refractivity contribution is 0.585. The van der Waals surface area contributed by atoms with Crippen LogP contribution < -0.4 is 9.62 Å². The summed E-state index contributed by atoms with van der Waals surface area (Å²) >= 11 is 0. The van der Waals surface area contributed by atoms with Gasteiger partial charge < -0.3 is 5.32 Å². The minimum atomic E-state index is -3.77. The van der Waals surface area contributed by atoms with Crippen LogP contribution in [0.3, 0.4) is 0 Å². The fourth-order valence-electron chi connectivity index (χ4n) is 2.05. The number of anilines is 1. The number of nitrogens with one attached hydrogen (secondary N) is 2. The second-order valence-electron chi connectivity index (χ2n) is 4.40. The molecule has 0 aliphatic rings. The molecule has 6 nitrogen and oxygen atoms in total. The van der Waals surface area contributed by atoms with E-state index in [0.29, 0.717) is 17.8 Å². The fourth-order valence-corrected chi connectivity index (χ4v) is 3.63. The highest BCUT2D eigenvalue weighted by atomic mass is 32.2. The van der Waals surface area contributed by atoms with E-state index in [1.807, 2.05) is 0 Å². The lowest BCUT2D eigenvalue weighted by Crippen LogP contribution is -2.32. The van der Waals surface area contributed by atoms with Gasteiger partial charge in [-0.2, -0.15) is 13.5 Å². The number of aromatic amines is 1. The van der Waals surface area contributed by atoms with Crippen LogP contribution in [0.1, 0.15) is 12.5 Å². The van der Waals surface area contributed by atoms with Crippen LogP contribution in [-0.2, 0) is 16.6 Å². The Morgan fingerprint density at radius 2 is 2.00 bits per heavy atom. The van der Waals surface area contributed by atoms with Crippen molar-refractivity contribution in [2.45, 2.75) is 18.5 Å². The largest absolute Gasteiger partial charge is 0.316 e. The average molecular weight is 312 g/mol. The molecule has 1 aromatic heterocycles. The van der Waals surface area contributed by atoms with Gasteiger partial charge in [-0.3, -0.25) is 9.40 Å². The maximum atomic E-state index is 13.0. The minimum Gasteiger partial charge on any atom is -0.316 e. The van der Waals surface area contributed by atoms with Gasteiger partial charge in [-0.1, -0.05) is 0 Å². The number of aromatic nitrogens is 2. The first-order valence-electron chi connectivity index (χ1n) is 6.45. The van der Waals surface area contributed by atoms with Crippen LogP contribution in [0.25, 0.3) is 0 Å². The summed E-state index contributed by atoms with van der Waals surface area (Å²) in [6, 6.07) is 5.33. The van der Waals surface area contributed by atoms with E-state index in [0.717, 1.165) is 0 Å². The van der Waals surface area contributed by atoms with E-state index >= 15 is 0 Å². The molecule has 2 aromatic rings. The van der Waals surface area contributed by atoms with Crippen LogP contribution in [-0.4, -0.2) is 32.2 Å². The predicted molar refractivity (Wildman–Crippen MR) is 78.0 cm³/mol. The molecule has 0 bridgehead atoms. The topological polar surface area (TPSA) is 78.1 Å². The van der Waals surface area contributed by atoms with Crippen LogP contribution in [0.2, 0.25) is 0 Å². The van der Waals surface area contributed by atoms with Crippen LogP contribution in [0.15, 0.2) is 35.5 Å². The van der Waals surface area contributed by atoms with E-state index in [1.54, 1.807) is 14.0 Å². The third-order valence-electron chi connectivity index (χ3n) is 3.00. The van der Waals surface area contributed by atoms with Gasteiger partial charge in [-0.05, 0) is 38.2 Å². The average Bonchev–Trinajstić information content (AvgIpc) is 2.91. The zero-order chi connectivity index (χ0) is 15.5. The van der Waals surface area contributed by atoms with Crippen molar-refractivity contribution in [3.05, 3.63) is 41.8 Å². The summed E-state index contributed by atoms with van der Waals surface area (Å²) in [7, 11) is -2.05. The Kier molecular flexibility index (Phi) is 4.59. The molecule has 0 unspecified atom stereocenters. The van der Waals surface area contributed by atoms with E-state index in [9.17, 15) is 12.8 Å². The molecule has 0 saturated carbocycles. The maximum absolute atomic E-state index is 13.0. The summed E-state index contributed by atoms with van der Waals surface area (Å²) in [6.45, 7) is 2.33. The van der Waals surface area contributed by atoms with E-state index in [4.69, 9.17) is 0 Å². The summed E-state index contributed by atoms with van der Waals surface area (Å²) in [5.41, 5.74) is 0.960. The predicted octanol–water partition coefficient (Wildman–Crippen LogP) is 1.48. The summed E-state index contributed by atoms with van der Waals surface area (Å²) < 4.78 is 39.7. The summed E-state index contributed by atoms with van der Waals surface area (Å²) in [5.74, 6) is -0.412. The van der Waals surface area contributed by atoms with Crippen molar-refractivity contribution in [1.82, 2.24) is 15.5 Å². The Balaban J connectivity index is 2.44. The van der Waals surface area contributed by atoms with Gasteiger partial charge in [0.25, 0.3) is 10.0 Å². The lowest BCUT2D eigenvalue weighted by atomic mass is 10.3. The molecule has 2 N–H and O–H groups in total. The van der Waals surface area contributed by atoms with Gasteiger partial charge >= 0.3 is 0 Å². The summed E-state index contributed by atoms with van der Waals surface area (Å²) in [5, 5.41) is 9.27. The van der Waals surface area contributed by atoms with Gasteiger partial charge in [0.2, 0.25) is 0 Å². The molecule has 0 saturated heterocycles. The molecular weight excluding hydrogens is 295 g/mol. The number of sulfonamides is 1. The molecule has 1 aromatic carbocycles. The second kappa shape index (κ2) is 6.23. The standard InChI is InChI=1S/C13H17FN4O2S/c1-3-18(12-6-4-11(14)5-7-12)21(19,20)13-10(8-15-2)9-16-17-13/h4-7,9,15H,3,8H2,1-2H3,(H,16,17). The Hall–Kier alpha value is -1.93. The van der Waals surface area contributed by atoms with Gasteiger partial charge in [-0.15, -0.1) is 0 Å². The molecule has 0 atom stereocenters. The molecular formula is C13H17FN4O2S. The Morgan fingerprint density at radius 3 is 2.57 bits per heavy atom. The minimum absolute atomic E-state index is 0.0445. The number of H-pyrrole nitrogens is 1. The van der Waals surface area contributed by atoms with Crippen LogP contribution in [0, 0.1) is 5.82 Å². The van der Waals surface area contributed by atoms with E-state index in [-0.39, 0.29) is 11.6 Å². The molecule has 0 aliphatic heterocycles. The van der Waals surface area contributed by atoms with Gasteiger partial charge in [0, 0.05) is 18.7 Å². The molecule has 0 spiro atoms. The first-order chi connectivity index (χ1) is 10.0. The van der Waals surface area contributed by atoms with Crippen molar-refractivity contribution in [1.29, 1.82) is 0 Å². The quantitative estimate of drug-likeness (QED) is 0.847. The molecule has 0 amide bonds. The second-order valence-corrected chi connectivity index (χ2v) is 6.20. The number of halogens is 1. The highest BCUT2D eigenvalue weighted by Gasteiger charge is 2.27. The van der Waals surface area contributed by atoms with Gasteiger partial charge in [0.15, 0.2) is 5.03 Å². The Bertz CT molecular complexity index is 697. The molecule has 114 valence electrons. The SMILES string of the molecule is CCN(c1ccc(F)cc1)S(=O)(=O)c1[nH]ncc1CNC. The van der Waals surface area contributed by atoms with Crippen LogP contribution in [0.4, 0.5) is 10.1 Å². The third-order valence-corrected chi connectivity index (χ3v) is 4.91. The monoisotopic (exact) mass is 312 g/mol. The van der Waals surface area contributed by atoms with Crippen LogP contribution >= 0.6 is 0 Å². The number of benzene rings is 1. The zero-order valence-corrected chi connectivity index (χ0v) is 12.6. The van der Waals surface area contributed by atoms with Crippen molar-refractivity contribution in [2.24, 2.45) is 0 Å².